The van der Waals surface area contributed by atoms with E-state index >= 15 is 0 Å². The third-order valence-electron chi connectivity index (χ3n) is 6.77. The molecule has 7 nitrogen and oxygen atoms in total. The molecule has 0 bridgehead atoms. The summed E-state index contributed by atoms with van der Waals surface area (Å²) in [6, 6.07) is 21.2. The summed E-state index contributed by atoms with van der Waals surface area (Å²) in [5.41, 5.74) is 3.48. The standard InChI is InChI=1S/C32H36FN3O4/c1-3-40-28-15-9-24(10-16-28)22-35(19-17-26-21-34-30-8-5-4-7-29(26)30)31(37)23-36(18-6-20-39-2)32(38)25-11-13-27(33)14-12-25/h4-5,7-16,21,34H,3,6,17-20,22-23H2,1-2H3. The second-order valence-electron chi connectivity index (χ2n) is 9.58. The fourth-order valence-corrected chi connectivity index (χ4v) is 4.65. The van der Waals surface area contributed by atoms with Gasteiger partial charge < -0.3 is 24.3 Å². The number of fused-ring (bicyclic) bond motifs is 1. The first kappa shape index (κ1) is 28.8. The maximum Gasteiger partial charge on any atom is 0.254 e. The van der Waals surface area contributed by atoms with Gasteiger partial charge in [-0.25, -0.2) is 4.39 Å². The van der Waals surface area contributed by atoms with Gasteiger partial charge in [0, 0.05) is 56.0 Å². The summed E-state index contributed by atoms with van der Waals surface area (Å²) < 4.78 is 24.2. The summed E-state index contributed by atoms with van der Waals surface area (Å²) in [5.74, 6) is -0.127. The molecule has 40 heavy (non-hydrogen) atoms. The van der Waals surface area contributed by atoms with Crippen LogP contribution in [0.4, 0.5) is 4.39 Å². The molecule has 0 radical (unpaired) electrons. The van der Waals surface area contributed by atoms with Crippen LogP contribution in [0.1, 0.15) is 34.8 Å². The Morgan fingerprint density at radius 2 is 1.68 bits per heavy atom. The summed E-state index contributed by atoms with van der Waals surface area (Å²) >= 11 is 0. The number of rotatable bonds is 14. The second-order valence-corrected chi connectivity index (χ2v) is 9.58. The Hall–Kier alpha value is -4.17. The molecule has 4 rings (SSSR count). The van der Waals surface area contributed by atoms with Gasteiger partial charge in [-0.1, -0.05) is 30.3 Å². The Labute approximate surface area is 234 Å². The van der Waals surface area contributed by atoms with Gasteiger partial charge in [0.2, 0.25) is 5.91 Å². The van der Waals surface area contributed by atoms with Gasteiger partial charge in [-0.3, -0.25) is 9.59 Å². The Balaban J connectivity index is 1.54. The van der Waals surface area contributed by atoms with E-state index in [1.165, 1.54) is 29.2 Å². The van der Waals surface area contributed by atoms with Crippen molar-refractivity contribution in [2.45, 2.75) is 26.3 Å². The first-order valence-corrected chi connectivity index (χ1v) is 13.6. The molecule has 0 aliphatic heterocycles. The van der Waals surface area contributed by atoms with Crippen molar-refractivity contribution in [2.24, 2.45) is 0 Å². The van der Waals surface area contributed by atoms with Crippen molar-refractivity contribution in [1.82, 2.24) is 14.8 Å². The Morgan fingerprint density at radius 1 is 0.925 bits per heavy atom. The molecule has 0 atom stereocenters. The molecule has 4 aromatic rings. The second kappa shape index (κ2) is 14.3. The van der Waals surface area contributed by atoms with Crippen LogP contribution < -0.4 is 4.74 Å². The molecule has 2 amide bonds. The lowest BCUT2D eigenvalue weighted by Crippen LogP contribution is -2.44. The number of H-pyrrole nitrogens is 1. The molecule has 1 heterocycles. The lowest BCUT2D eigenvalue weighted by atomic mass is 10.1. The molecular formula is C32H36FN3O4. The van der Waals surface area contributed by atoms with Crippen LogP contribution in [0, 0.1) is 5.82 Å². The number of hydrogen-bond acceptors (Lipinski definition) is 4. The number of amides is 2. The zero-order chi connectivity index (χ0) is 28.3. The fraction of sp³-hybridized carbons (Fsp3) is 0.312. The van der Waals surface area contributed by atoms with Crippen molar-refractivity contribution in [2.75, 3.05) is 40.0 Å². The van der Waals surface area contributed by atoms with Crippen LogP contribution in [0.5, 0.6) is 5.75 Å². The van der Waals surface area contributed by atoms with Gasteiger partial charge in [0.05, 0.1) is 6.61 Å². The van der Waals surface area contributed by atoms with Crippen molar-refractivity contribution in [3.8, 4) is 5.75 Å². The largest absolute Gasteiger partial charge is 0.494 e. The van der Waals surface area contributed by atoms with E-state index in [1.54, 1.807) is 12.0 Å². The zero-order valence-corrected chi connectivity index (χ0v) is 23.1. The number of carbonyl (C=O) groups is 2. The number of para-hydroxylation sites is 1. The molecule has 8 heteroatoms. The minimum absolute atomic E-state index is 0.0924. The highest BCUT2D eigenvalue weighted by atomic mass is 19.1. The highest BCUT2D eigenvalue weighted by molar-refractivity contribution is 5.96. The monoisotopic (exact) mass is 545 g/mol. The number of ether oxygens (including phenoxy) is 2. The third-order valence-corrected chi connectivity index (χ3v) is 6.77. The average Bonchev–Trinajstić information content (AvgIpc) is 3.39. The average molecular weight is 546 g/mol. The molecule has 3 aromatic carbocycles. The van der Waals surface area contributed by atoms with E-state index in [9.17, 15) is 14.0 Å². The van der Waals surface area contributed by atoms with Crippen LogP contribution in [0.25, 0.3) is 10.9 Å². The van der Waals surface area contributed by atoms with Crippen molar-refractivity contribution in [3.05, 3.63) is 102 Å². The quantitative estimate of drug-likeness (QED) is 0.214. The first-order chi connectivity index (χ1) is 19.5. The lowest BCUT2D eigenvalue weighted by molar-refractivity contribution is -0.132. The highest BCUT2D eigenvalue weighted by Crippen LogP contribution is 2.20. The summed E-state index contributed by atoms with van der Waals surface area (Å²) in [4.78, 5) is 33.7. The van der Waals surface area contributed by atoms with Crippen molar-refractivity contribution < 1.29 is 23.5 Å². The molecule has 1 N–H and O–H groups in total. The third kappa shape index (κ3) is 7.70. The molecular weight excluding hydrogens is 509 g/mol. The predicted octanol–water partition coefficient (Wildman–Crippen LogP) is 5.46. The van der Waals surface area contributed by atoms with E-state index in [1.807, 2.05) is 55.6 Å². The number of benzene rings is 3. The van der Waals surface area contributed by atoms with Gasteiger partial charge in [0.1, 0.15) is 18.1 Å². The van der Waals surface area contributed by atoms with Gasteiger partial charge in [-0.05, 0) is 73.4 Å². The van der Waals surface area contributed by atoms with Gasteiger partial charge >= 0.3 is 0 Å². The number of aromatic nitrogens is 1. The smallest absolute Gasteiger partial charge is 0.254 e. The maximum absolute atomic E-state index is 13.8. The topological polar surface area (TPSA) is 74.9 Å². The number of aromatic amines is 1. The molecule has 0 spiro atoms. The van der Waals surface area contributed by atoms with Crippen LogP contribution >= 0.6 is 0 Å². The Morgan fingerprint density at radius 3 is 2.40 bits per heavy atom. The number of nitrogens with one attached hydrogen (secondary N) is 1. The molecule has 0 fully saturated rings. The molecule has 0 saturated heterocycles. The number of methoxy groups -OCH3 is 1. The lowest BCUT2D eigenvalue weighted by Gasteiger charge is -2.28. The highest BCUT2D eigenvalue weighted by Gasteiger charge is 2.23. The summed E-state index contributed by atoms with van der Waals surface area (Å²) in [7, 11) is 1.60. The minimum atomic E-state index is -0.419. The maximum atomic E-state index is 13.8. The number of hydrogen-bond donors (Lipinski definition) is 1. The number of halogens is 1. The molecule has 1 aromatic heterocycles. The molecule has 0 unspecified atom stereocenters. The van der Waals surface area contributed by atoms with Crippen molar-refractivity contribution in [3.63, 3.8) is 0 Å². The molecule has 0 aliphatic rings. The van der Waals surface area contributed by atoms with Crippen LogP contribution in [-0.4, -0.2) is 66.6 Å². The molecule has 0 aliphatic carbocycles. The normalized spacial score (nSPS) is 11.0. The minimum Gasteiger partial charge on any atom is -0.494 e. The van der Waals surface area contributed by atoms with Crippen molar-refractivity contribution >= 4 is 22.7 Å². The van der Waals surface area contributed by atoms with Crippen LogP contribution in [0.15, 0.2) is 79.0 Å². The number of nitrogens with zero attached hydrogens (tertiary/aromatic N) is 2. The summed E-state index contributed by atoms with van der Waals surface area (Å²) in [6.45, 7) is 4.09. The predicted molar refractivity (Wildman–Crippen MR) is 154 cm³/mol. The van der Waals surface area contributed by atoms with E-state index < -0.39 is 5.82 Å². The van der Waals surface area contributed by atoms with Crippen molar-refractivity contribution in [1.29, 1.82) is 0 Å². The Bertz CT molecular complexity index is 1390. The Kier molecular flexibility index (Phi) is 10.3. The van der Waals surface area contributed by atoms with Crippen LogP contribution in [0.2, 0.25) is 0 Å². The zero-order valence-electron chi connectivity index (χ0n) is 23.1. The van der Waals surface area contributed by atoms with E-state index in [0.717, 1.165) is 27.8 Å². The van der Waals surface area contributed by atoms with Gasteiger partial charge in [0.15, 0.2) is 0 Å². The van der Waals surface area contributed by atoms with E-state index in [4.69, 9.17) is 9.47 Å². The summed E-state index contributed by atoms with van der Waals surface area (Å²) in [6.07, 6.45) is 3.21. The van der Waals surface area contributed by atoms with E-state index in [-0.39, 0.29) is 18.4 Å². The fourth-order valence-electron chi connectivity index (χ4n) is 4.65. The van der Waals surface area contributed by atoms with Crippen LogP contribution in [-0.2, 0) is 22.5 Å². The van der Waals surface area contributed by atoms with Gasteiger partial charge in [-0.2, -0.15) is 0 Å². The SMILES string of the molecule is CCOc1ccc(CN(CCc2c[nH]c3ccccc23)C(=O)CN(CCCOC)C(=O)c2ccc(F)cc2)cc1. The van der Waals surface area contributed by atoms with E-state index in [2.05, 4.69) is 11.1 Å². The first-order valence-electron chi connectivity index (χ1n) is 13.6. The van der Waals surface area contributed by atoms with E-state index in [0.29, 0.717) is 51.3 Å². The molecule has 210 valence electrons. The van der Waals surface area contributed by atoms with Gasteiger partial charge in [0.25, 0.3) is 5.91 Å². The molecule has 0 saturated carbocycles. The summed E-state index contributed by atoms with van der Waals surface area (Å²) in [5, 5.41) is 1.13. The van der Waals surface area contributed by atoms with Gasteiger partial charge in [-0.15, -0.1) is 0 Å². The van der Waals surface area contributed by atoms with Crippen LogP contribution in [0.3, 0.4) is 0 Å². The number of carbonyl (C=O) groups excluding carboxylic acids is 2.